The van der Waals surface area contributed by atoms with E-state index in [2.05, 4.69) is 26.6 Å². The normalized spacial score (nSPS) is 10.2. The van der Waals surface area contributed by atoms with Crippen molar-refractivity contribution in [3.8, 4) is 0 Å². The highest BCUT2D eigenvalue weighted by molar-refractivity contribution is 9.10. The second kappa shape index (κ2) is 10.6. The molecule has 0 atom stereocenters. The van der Waals surface area contributed by atoms with E-state index in [0.29, 0.717) is 17.8 Å². The summed E-state index contributed by atoms with van der Waals surface area (Å²) in [6, 6.07) is 12.8. The predicted molar refractivity (Wildman–Crippen MR) is 112 cm³/mol. The summed E-state index contributed by atoms with van der Waals surface area (Å²) in [5.74, 6) is -1.08. The average molecular weight is 447 g/mol. The van der Waals surface area contributed by atoms with E-state index >= 15 is 0 Å². The maximum absolute atomic E-state index is 11.9. The molecule has 0 unspecified atom stereocenters. The van der Waals surface area contributed by atoms with Gasteiger partial charge in [-0.1, -0.05) is 28.1 Å². The summed E-state index contributed by atoms with van der Waals surface area (Å²) in [7, 11) is 0. The Morgan fingerprint density at radius 3 is 2.36 bits per heavy atom. The number of ether oxygens (including phenoxy) is 1. The Bertz CT molecular complexity index is 850. The fraction of sp³-hybridized carbons (Fsp3) is 0.286. The first-order valence-corrected chi connectivity index (χ1v) is 9.71. The Morgan fingerprint density at radius 2 is 1.64 bits per heavy atom. The lowest BCUT2D eigenvalue weighted by Gasteiger charge is -2.10. The molecule has 7 heteroatoms. The zero-order valence-electron chi connectivity index (χ0n) is 15.9. The number of hydrogen-bond acceptors (Lipinski definition) is 4. The van der Waals surface area contributed by atoms with Crippen LogP contribution in [0.2, 0.25) is 0 Å². The van der Waals surface area contributed by atoms with Crippen LogP contribution in [0.25, 0.3) is 0 Å². The van der Waals surface area contributed by atoms with Gasteiger partial charge < -0.3 is 15.4 Å². The number of benzene rings is 2. The molecule has 0 saturated heterocycles. The molecule has 0 spiro atoms. The maximum atomic E-state index is 11.9. The smallest absolute Gasteiger partial charge is 0.306 e. The minimum absolute atomic E-state index is 0.0739. The molecule has 0 aromatic heterocycles. The van der Waals surface area contributed by atoms with Crippen molar-refractivity contribution >= 4 is 45.1 Å². The van der Waals surface area contributed by atoms with Crippen molar-refractivity contribution in [3.63, 3.8) is 0 Å². The summed E-state index contributed by atoms with van der Waals surface area (Å²) >= 11 is 3.33. The molecule has 2 rings (SSSR count). The van der Waals surface area contributed by atoms with Crippen LogP contribution in [0.4, 0.5) is 11.4 Å². The van der Waals surface area contributed by atoms with Gasteiger partial charge in [0, 0.05) is 28.7 Å². The lowest BCUT2D eigenvalue weighted by atomic mass is 10.1. The number of aryl methyl sites for hydroxylation is 1. The molecule has 148 valence electrons. The van der Waals surface area contributed by atoms with Gasteiger partial charge in [0.2, 0.25) is 5.91 Å². The zero-order chi connectivity index (χ0) is 20.5. The lowest BCUT2D eigenvalue weighted by Crippen LogP contribution is -2.21. The number of anilines is 2. The van der Waals surface area contributed by atoms with Crippen LogP contribution >= 0.6 is 15.9 Å². The van der Waals surface area contributed by atoms with Crippen molar-refractivity contribution in [2.45, 2.75) is 33.1 Å². The quantitative estimate of drug-likeness (QED) is 0.590. The van der Waals surface area contributed by atoms with Gasteiger partial charge in [0.15, 0.2) is 6.61 Å². The number of amides is 2. The second-order valence-electron chi connectivity index (χ2n) is 6.36. The molecule has 0 heterocycles. The minimum atomic E-state index is -0.507. The Hall–Kier alpha value is -2.67. The lowest BCUT2D eigenvalue weighted by molar-refractivity contribution is -0.147. The van der Waals surface area contributed by atoms with Crippen LogP contribution in [0.1, 0.15) is 30.4 Å². The molecule has 6 nitrogen and oxygen atoms in total. The van der Waals surface area contributed by atoms with E-state index < -0.39 is 11.9 Å². The highest BCUT2D eigenvalue weighted by Crippen LogP contribution is 2.18. The number of carbonyl (C=O) groups is 3. The Morgan fingerprint density at radius 1 is 0.929 bits per heavy atom. The topological polar surface area (TPSA) is 84.5 Å². The number of carbonyl (C=O) groups excluding carboxylic acids is 3. The predicted octanol–water partition coefficient (Wildman–Crippen LogP) is 4.36. The molecule has 2 aromatic rings. The summed E-state index contributed by atoms with van der Waals surface area (Å²) in [6.45, 7) is 3.52. The van der Waals surface area contributed by atoms with Gasteiger partial charge >= 0.3 is 5.97 Å². The van der Waals surface area contributed by atoms with Crippen LogP contribution in [-0.2, 0) is 19.1 Å². The third kappa shape index (κ3) is 7.15. The van der Waals surface area contributed by atoms with E-state index in [1.807, 2.05) is 38.1 Å². The fourth-order valence-corrected chi connectivity index (χ4v) is 2.71. The molecule has 0 aliphatic carbocycles. The molecule has 0 radical (unpaired) electrons. The SMILES string of the molecule is Cc1cccc(NC(=O)COC(=O)CCCC(=O)Nc2ccc(Br)cc2)c1C. The van der Waals surface area contributed by atoms with Gasteiger partial charge in [0.1, 0.15) is 0 Å². The van der Waals surface area contributed by atoms with Gasteiger partial charge in [-0.25, -0.2) is 0 Å². The monoisotopic (exact) mass is 446 g/mol. The van der Waals surface area contributed by atoms with Gasteiger partial charge in [-0.05, 0) is 61.7 Å². The number of rotatable bonds is 8. The van der Waals surface area contributed by atoms with Crippen LogP contribution in [0.15, 0.2) is 46.9 Å². The van der Waals surface area contributed by atoms with Crippen molar-refractivity contribution in [2.24, 2.45) is 0 Å². The van der Waals surface area contributed by atoms with Gasteiger partial charge in [-0.2, -0.15) is 0 Å². The van der Waals surface area contributed by atoms with E-state index in [4.69, 9.17) is 4.74 Å². The molecular formula is C21H23BrN2O4. The van der Waals surface area contributed by atoms with Crippen LogP contribution < -0.4 is 10.6 Å². The largest absolute Gasteiger partial charge is 0.456 e. The standard InChI is InChI=1S/C21H23BrN2O4/c1-14-5-3-6-18(15(14)2)24-20(26)13-28-21(27)8-4-7-19(25)23-17-11-9-16(22)10-12-17/h3,5-6,9-12H,4,7-8,13H2,1-2H3,(H,23,25)(H,24,26). The van der Waals surface area contributed by atoms with Gasteiger partial charge in [-0.3, -0.25) is 14.4 Å². The zero-order valence-corrected chi connectivity index (χ0v) is 17.5. The summed E-state index contributed by atoms with van der Waals surface area (Å²) in [5.41, 5.74) is 3.43. The van der Waals surface area contributed by atoms with Gasteiger partial charge in [0.25, 0.3) is 5.91 Å². The van der Waals surface area contributed by atoms with Crippen molar-refractivity contribution in [1.82, 2.24) is 0 Å². The van der Waals surface area contributed by atoms with Crippen molar-refractivity contribution in [3.05, 3.63) is 58.1 Å². The van der Waals surface area contributed by atoms with Gasteiger partial charge in [-0.15, -0.1) is 0 Å². The maximum Gasteiger partial charge on any atom is 0.306 e. The molecule has 0 saturated carbocycles. The minimum Gasteiger partial charge on any atom is -0.456 e. The summed E-state index contributed by atoms with van der Waals surface area (Å²) in [4.78, 5) is 35.6. The molecule has 2 N–H and O–H groups in total. The molecule has 28 heavy (non-hydrogen) atoms. The molecule has 0 bridgehead atoms. The van der Waals surface area contributed by atoms with E-state index in [0.717, 1.165) is 15.6 Å². The average Bonchev–Trinajstić information content (AvgIpc) is 2.66. The number of esters is 1. The van der Waals surface area contributed by atoms with E-state index in [1.165, 1.54) is 0 Å². The van der Waals surface area contributed by atoms with Crippen molar-refractivity contribution in [1.29, 1.82) is 0 Å². The van der Waals surface area contributed by atoms with Crippen LogP contribution in [0.5, 0.6) is 0 Å². The Balaban J connectivity index is 1.65. The van der Waals surface area contributed by atoms with Crippen LogP contribution in [-0.4, -0.2) is 24.4 Å². The second-order valence-corrected chi connectivity index (χ2v) is 7.28. The third-order valence-corrected chi connectivity index (χ3v) is 4.68. The van der Waals surface area contributed by atoms with Crippen molar-refractivity contribution in [2.75, 3.05) is 17.2 Å². The molecule has 0 fully saturated rings. The first-order chi connectivity index (χ1) is 13.3. The van der Waals surface area contributed by atoms with Gasteiger partial charge in [0.05, 0.1) is 0 Å². The molecular weight excluding hydrogens is 424 g/mol. The third-order valence-electron chi connectivity index (χ3n) is 4.16. The number of nitrogens with one attached hydrogen (secondary N) is 2. The fourth-order valence-electron chi connectivity index (χ4n) is 2.44. The molecule has 0 aliphatic rings. The van der Waals surface area contributed by atoms with Crippen LogP contribution in [0, 0.1) is 13.8 Å². The first kappa shape index (κ1) is 21.6. The number of hydrogen-bond donors (Lipinski definition) is 2. The Kier molecular flexibility index (Phi) is 8.19. The first-order valence-electron chi connectivity index (χ1n) is 8.92. The summed E-state index contributed by atoms with van der Waals surface area (Å²) in [5, 5.41) is 5.48. The molecule has 0 aliphatic heterocycles. The van der Waals surface area contributed by atoms with E-state index in [1.54, 1.807) is 18.2 Å². The summed E-state index contributed by atoms with van der Waals surface area (Å²) in [6.07, 6.45) is 0.615. The van der Waals surface area contributed by atoms with E-state index in [9.17, 15) is 14.4 Å². The van der Waals surface area contributed by atoms with E-state index in [-0.39, 0.29) is 25.4 Å². The number of halogens is 1. The van der Waals surface area contributed by atoms with Crippen molar-refractivity contribution < 1.29 is 19.1 Å². The molecule has 2 amide bonds. The highest BCUT2D eigenvalue weighted by atomic mass is 79.9. The van der Waals surface area contributed by atoms with Crippen LogP contribution in [0.3, 0.4) is 0 Å². The Labute approximate surface area is 172 Å². The highest BCUT2D eigenvalue weighted by Gasteiger charge is 2.11. The molecule has 2 aromatic carbocycles. The summed E-state index contributed by atoms with van der Waals surface area (Å²) < 4.78 is 5.90.